The fourth-order valence-electron chi connectivity index (χ4n) is 0.927. The first kappa shape index (κ1) is 11.0. The minimum Gasteiger partial charge on any atom is -0.399 e. The number of hydrogen-bond donors (Lipinski definition) is 2. The van der Waals surface area contributed by atoms with Crippen LogP contribution in [0.4, 0.5) is 11.4 Å². The summed E-state index contributed by atoms with van der Waals surface area (Å²) >= 11 is -2.23. The van der Waals surface area contributed by atoms with Gasteiger partial charge in [-0.3, -0.25) is 4.55 Å². The summed E-state index contributed by atoms with van der Waals surface area (Å²) in [6.07, 6.45) is 0. The minimum atomic E-state index is -2.23. The zero-order valence-electron chi connectivity index (χ0n) is 7.71. The van der Waals surface area contributed by atoms with Gasteiger partial charge < -0.3 is 10.6 Å². The van der Waals surface area contributed by atoms with E-state index < -0.39 is 11.4 Å². The maximum Gasteiger partial charge on any atom is 0.303 e. The lowest BCUT2D eigenvalue weighted by molar-refractivity contribution is 0.310. The molecule has 1 aromatic carbocycles. The summed E-state index contributed by atoms with van der Waals surface area (Å²) in [4.78, 5) is 1.69. The molecule has 0 aliphatic rings. The Morgan fingerprint density at radius 1 is 1.50 bits per heavy atom. The standard InChI is InChI=1S/C8H12N2O3S/c1-10(6-13-14(11)12)8-4-2-7(9)3-5-8/h2-5H,6,9H2,1H3,(H,11,12). The van der Waals surface area contributed by atoms with Crippen LogP contribution in [0.25, 0.3) is 0 Å². The van der Waals surface area contributed by atoms with Gasteiger partial charge in [0.2, 0.25) is 0 Å². The van der Waals surface area contributed by atoms with Crippen LogP contribution in [0.3, 0.4) is 0 Å². The fourth-order valence-corrected chi connectivity index (χ4v) is 1.18. The van der Waals surface area contributed by atoms with Crippen molar-refractivity contribution in [3.63, 3.8) is 0 Å². The third kappa shape index (κ3) is 3.33. The second-order valence-corrected chi connectivity index (χ2v) is 3.42. The number of nitrogens with two attached hydrogens (primary N) is 1. The Labute approximate surface area is 85.0 Å². The van der Waals surface area contributed by atoms with Gasteiger partial charge in [0.05, 0.1) is 0 Å². The molecule has 0 bridgehead atoms. The van der Waals surface area contributed by atoms with E-state index in [9.17, 15) is 4.21 Å². The molecule has 5 nitrogen and oxygen atoms in total. The van der Waals surface area contributed by atoms with Crippen LogP contribution in [-0.4, -0.2) is 22.5 Å². The van der Waals surface area contributed by atoms with Gasteiger partial charge in [-0.1, -0.05) is 0 Å². The number of nitrogens with zero attached hydrogens (tertiary/aromatic N) is 1. The highest BCUT2D eigenvalue weighted by atomic mass is 32.2. The number of anilines is 2. The molecule has 1 atom stereocenters. The molecule has 0 saturated heterocycles. The van der Waals surface area contributed by atoms with Crippen molar-refractivity contribution in [1.82, 2.24) is 0 Å². The molecule has 0 amide bonds. The molecular formula is C8H12N2O3S. The molecule has 0 saturated carbocycles. The van der Waals surface area contributed by atoms with E-state index >= 15 is 0 Å². The molecule has 0 aromatic heterocycles. The Morgan fingerprint density at radius 3 is 2.57 bits per heavy atom. The monoisotopic (exact) mass is 216 g/mol. The lowest BCUT2D eigenvalue weighted by Gasteiger charge is -2.17. The van der Waals surface area contributed by atoms with Crippen molar-refractivity contribution in [2.24, 2.45) is 0 Å². The molecule has 0 fully saturated rings. The van der Waals surface area contributed by atoms with Crippen molar-refractivity contribution in [2.75, 3.05) is 24.4 Å². The van der Waals surface area contributed by atoms with Crippen LogP contribution in [0, 0.1) is 0 Å². The van der Waals surface area contributed by atoms with Gasteiger partial charge in [-0.15, -0.1) is 0 Å². The van der Waals surface area contributed by atoms with Crippen molar-refractivity contribution >= 4 is 22.7 Å². The number of nitrogen functional groups attached to an aromatic ring is 1. The Hall–Kier alpha value is -1.11. The number of hydrogen-bond acceptors (Lipinski definition) is 4. The van der Waals surface area contributed by atoms with Crippen molar-refractivity contribution in [3.8, 4) is 0 Å². The van der Waals surface area contributed by atoms with E-state index in [4.69, 9.17) is 10.3 Å². The summed E-state index contributed by atoms with van der Waals surface area (Å²) in [5.41, 5.74) is 7.05. The molecule has 0 heterocycles. The second-order valence-electron chi connectivity index (χ2n) is 2.75. The largest absolute Gasteiger partial charge is 0.399 e. The first-order chi connectivity index (χ1) is 6.59. The lowest BCUT2D eigenvalue weighted by atomic mass is 10.3. The molecule has 3 N–H and O–H groups in total. The smallest absolute Gasteiger partial charge is 0.303 e. The zero-order valence-corrected chi connectivity index (χ0v) is 8.53. The van der Waals surface area contributed by atoms with E-state index in [0.29, 0.717) is 5.69 Å². The van der Waals surface area contributed by atoms with Crippen LogP contribution in [0.2, 0.25) is 0 Å². The maximum absolute atomic E-state index is 10.2. The summed E-state index contributed by atoms with van der Waals surface area (Å²) in [6, 6.07) is 7.11. The van der Waals surface area contributed by atoms with Crippen LogP contribution >= 0.6 is 0 Å². The Balaban J connectivity index is 2.56. The van der Waals surface area contributed by atoms with Crippen LogP contribution in [0.5, 0.6) is 0 Å². The highest BCUT2D eigenvalue weighted by Crippen LogP contribution is 2.14. The van der Waals surface area contributed by atoms with E-state index in [1.807, 2.05) is 0 Å². The number of rotatable bonds is 4. The van der Waals surface area contributed by atoms with Gasteiger partial charge in [-0.2, -0.15) is 4.21 Å². The first-order valence-corrected chi connectivity index (χ1v) is 4.93. The first-order valence-electron chi connectivity index (χ1n) is 3.90. The molecular weight excluding hydrogens is 204 g/mol. The molecule has 0 aliphatic heterocycles. The quantitative estimate of drug-likeness (QED) is 0.442. The van der Waals surface area contributed by atoms with Gasteiger partial charge in [0.25, 0.3) is 0 Å². The Morgan fingerprint density at radius 2 is 2.07 bits per heavy atom. The topological polar surface area (TPSA) is 75.8 Å². The highest BCUT2D eigenvalue weighted by molar-refractivity contribution is 7.74. The van der Waals surface area contributed by atoms with E-state index in [2.05, 4.69) is 4.18 Å². The van der Waals surface area contributed by atoms with Crippen LogP contribution in [-0.2, 0) is 15.5 Å². The van der Waals surface area contributed by atoms with Crippen molar-refractivity contribution in [1.29, 1.82) is 0 Å². The molecule has 0 radical (unpaired) electrons. The molecule has 78 valence electrons. The average Bonchev–Trinajstić information content (AvgIpc) is 2.15. The van der Waals surface area contributed by atoms with Crippen LogP contribution < -0.4 is 10.6 Å². The Bertz CT molecular complexity index is 315. The SMILES string of the molecule is CN(COS(=O)O)c1ccc(N)cc1. The molecule has 0 aliphatic carbocycles. The maximum atomic E-state index is 10.2. The molecule has 0 spiro atoms. The van der Waals surface area contributed by atoms with Crippen LogP contribution in [0.15, 0.2) is 24.3 Å². The van der Waals surface area contributed by atoms with Gasteiger partial charge in [0, 0.05) is 18.4 Å². The van der Waals surface area contributed by atoms with Gasteiger partial charge in [-0.05, 0) is 24.3 Å². The summed E-state index contributed by atoms with van der Waals surface area (Å²) in [7, 11) is 1.75. The fraction of sp³-hybridized carbons (Fsp3) is 0.250. The molecule has 14 heavy (non-hydrogen) atoms. The van der Waals surface area contributed by atoms with E-state index in [-0.39, 0.29) is 6.73 Å². The molecule has 6 heteroatoms. The molecule has 1 unspecified atom stereocenters. The third-order valence-electron chi connectivity index (χ3n) is 1.68. The Kier molecular flexibility index (Phi) is 3.87. The third-order valence-corrected chi connectivity index (χ3v) is 1.99. The van der Waals surface area contributed by atoms with Gasteiger partial charge in [-0.25, -0.2) is 4.18 Å². The molecule has 1 aromatic rings. The normalized spacial score (nSPS) is 12.4. The minimum absolute atomic E-state index is 0.0486. The zero-order chi connectivity index (χ0) is 10.6. The highest BCUT2D eigenvalue weighted by Gasteiger charge is 2.01. The van der Waals surface area contributed by atoms with E-state index in [1.165, 1.54) is 0 Å². The average molecular weight is 216 g/mol. The predicted molar refractivity (Wildman–Crippen MR) is 56.0 cm³/mol. The van der Waals surface area contributed by atoms with E-state index in [0.717, 1.165) is 5.69 Å². The van der Waals surface area contributed by atoms with Gasteiger partial charge >= 0.3 is 11.4 Å². The summed E-state index contributed by atoms with van der Waals surface area (Å²) in [5.74, 6) is 0. The summed E-state index contributed by atoms with van der Waals surface area (Å²) in [6.45, 7) is 0.0486. The second kappa shape index (κ2) is 4.94. The van der Waals surface area contributed by atoms with E-state index in [1.54, 1.807) is 36.2 Å². The van der Waals surface area contributed by atoms with Crippen molar-refractivity contribution in [3.05, 3.63) is 24.3 Å². The molecule has 1 rings (SSSR count). The van der Waals surface area contributed by atoms with Crippen LogP contribution in [0.1, 0.15) is 0 Å². The predicted octanol–water partition coefficient (Wildman–Crippen LogP) is 0.816. The lowest BCUT2D eigenvalue weighted by Crippen LogP contribution is -2.21. The summed E-state index contributed by atoms with van der Waals surface area (Å²) in [5, 5.41) is 0. The van der Waals surface area contributed by atoms with Gasteiger partial charge in [0.1, 0.15) is 6.73 Å². The van der Waals surface area contributed by atoms with Gasteiger partial charge in [0.15, 0.2) is 0 Å². The summed E-state index contributed by atoms with van der Waals surface area (Å²) < 4.78 is 23.1. The number of benzene rings is 1. The van der Waals surface area contributed by atoms with Crippen molar-refractivity contribution < 1.29 is 12.9 Å². The van der Waals surface area contributed by atoms with Crippen molar-refractivity contribution in [2.45, 2.75) is 0 Å².